The minimum Gasteiger partial charge on any atom is -0.364 e. The molecule has 18 heavy (non-hydrogen) atoms. The van der Waals surface area contributed by atoms with Gasteiger partial charge in [-0.25, -0.2) is 0 Å². The molecule has 0 amide bonds. The first kappa shape index (κ1) is 11.6. The number of ether oxygens (including phenoxy) is 1. The third kappa shape index (κ3) is 1.71. The smallest absolute Gasteiger partial charge is 0.0936 e. The molecule has 2 heterocycles. The second-order valence-corrected chi connectivity index (χ2v) is 6.29. The summed E-state index contributed by atoms with van der Waals surface area (Å²) in [6, 6.07) is 9.87. The molecule has 1 saturated heterocycles. The third-order valence-corrected chi connectivity index (χ3v) is 5.28. The lowest BCUT2D eigenvalue weighted by Gasteiger charge is -2.19. The lowest BCUT2D eigenvalue weighted by molar-refractivity contribution is 0.115. The Hall–Kier alpha value is -1.44. The summed E-state index contributed by atoms with van der Waals surface area (Å²) in [4.78, 5) is 0.774. The summed E-state index contributed by atoms with van der Waals surface area (Å²) in [5.74, 6) is -0.304. The summed E-state index contributed by atoms with van der Waals surface area (Å²) in [6.45, 7) is 1.99. The zero-order valence-corrected chi connectivity index (χ0v) is 10.8. The van der Waals surface area contributed by atoms with E-state index in [1.54, 1.807) is 0 Å². The van der Waals surface area contributed by atoms with Crippen molar-refractivity contribution in [1.29, 1.82) is 5.26 Å². The summed E-state index contributed by atoms with van der Waals surface area (Å²) in [6.07, 6.45) is 3.47. The third-order valence-electron chi connectivity index (χ3n) is 3.49. The number of nitriles is 1. The van der Waals surface area contributed by atoms with Crippen molar-refractivity contribution in [2.24, 2.45) is 5.92 Å². The maximum absolute atomic E-state index is 12.6. The van der Waals surface area contributed by atoms with Crippen molar-refractivity contribution in [3.8, 4) is 6.07 Å². The van der Waals surface area contributed by atoms with Crippen LogP contribution in [0.15, 0.2) is 41.3 Å². The molecular weight excluding hydrogens is 246 g/mol. The molecule has 0 unspecified atom stereocenters. The quantitative estimate of drug-likeness (QED) is 0.763. The van der Waals surface area contributed by atoms with Gasteiger partial charge in [0, 0.05) is 4.90 Å². The van der Waals surface area contributed by atoms with E-state index in [0.29, 0.717) is 0 Å². The van der Waals surface area contributed by atoms with Gasteiger partial charge >= 0.3 is 0 Å². The predicted octanol–water partition coefficient (Wildman–Crippen LogP) is 1.95. The van der Waals surface area contributed by atoms with Gasteiger partial charge in [0.05, 0.1) is 40.2 Å². The zero-order chi connectivity index (χ0) is 12.7. The summed E-state index contributed by atoms with van der Waals surface area (Å²) in [5, 5.41) is 8.96. The van der Waals surface area contributed by atoms with Crippen molar-refractivity contribution in [3.63, 3.8) is 0 Å². The molecule has 0 aromatic heterocycles. The predicted molar refractivity (Wildman–Crippen MR) is 68.3 cm³/mol. The lowest BCUT2D eigenvalue weighted by Crippen LogP contribution is -2.32. The van der Waals surface area contributed by atoms with Crippen LogP contribution in [0.2, 0.25) is 0 Å². The van der Waals surface area contributed by atoms with E-state index in [0.717, 1.165) is 10.5 Å². The van der Waals surface area contributed by atoms with E-state index in [-0.39, 0.29) is 23.4 Å². The molecule has 4 heteroatoms. The average molecular weight is 259 g/mol. The SMILES string of the molecule is Cc1ccc([S@](=O)[C@@H]2[C@H](C#N)[C@H]3C=C[C@@H]2O3)cc1. The highest BCUT2D eigenvalue weighted by Gasteiger charge is 2.49. The molecule has 5 atom stereocenters. The van der Waals surface area contributed by atoms with Crippen molar-refractivity contribution >= 4 is 10.8 Å². The first-order valence-corrected chi connectivity index (χ1v) is 7.12. The van der Waals surface area contributed by atoms with E-state index < -0.39 is 10.8 Å². The van der Waals surface area contributed by atoms with Crippen LogP contribution in [0, 0.1) is 24.2 Å². The molecule has 1 aromatic rings. The molecule has 2 aliphatic rings. The topological polar surface area (TPSA) is 50.1 Å². The van der Waals surface area contributed by atoms with Crippen LogP contribution in [-0.2, 0) is 15.5 Å². The molecule has 0 radical (unpaired) electrons. The van der Waals surface area contributed by atoms with Crippen LogP contribution in [0.25, 0.3) is 0 Å². The van der Waals surface area contributed by atoms with Gasteiger partial charge < -0.3 is 4.74 Å². The van der Waals surface area contributed by atoms with Crippen molar-refractivity contribution in [3.05, 3.63) is 42.0 Å². The first-order chi connectivity index (χ1) is 8.70. The highest BCUT2D eigenvalue weighted by atomic mass is 32.2. The lowest BCUT2D eigenvalue weighted by atomic mass is 9.95. The standard InChI is InChI=1S/C14H13NO2S/c1-9-2-4-10(5-3-9)18(16)14-11(8-15)12-6-7-13(14)17-12/h2-7,11-14H,1H3/t11-,12-,13+,14-,18+/m1/s1. The van der Waals surface area contributed by atoms with Crippen LogP contribution < -0.4 is 0 Å². The summed E-state index contributed by atoms with van der Waals surface area (Å²) < 4.78 is 18.2. The molecule has 92 valence electrons. The van der Waals surface area contributed by atoms with Crippen LogP contribution in [0.1, 0.15) is 5.56 Å². The van der Waals surface area contributed by atoms with Gasteiger partial charge in [-0.2, -0.15) is 5.26 Å². The number of aryl methyl sites for hydroxylation is 1. The molecular formula is C14H13NO2S. The maximum Gasteiger partial charge on any atom is 0.0936 e. The maximum atomic E-state index is 12.6. The monoisotopic (exact) mass is 259 g/mol. The minimum atomic E-state index is -1.20. The Kier molecular flexibility index (Phi) is 2.81. The molecule has 0 saturated carbocycles. The molecule has 3 nitrogen and oxygen atoms in total. The van der Waals surface area contributed by atoms with E-state index in [9.17, 15) is 9.47 Å². The molecule has 2 aliphatic heterocycles. The molecule has 1 aromatic carbocycles. The van der Waals surface area contributed by atoms with E-state index in [4.69, 9.17) is 4.74 Å². The van der Waals surface area contributed by atoms with E-state index in [1.165, 1.54) is 0 Å². The molecule has 0 aliphatic carbocycles. The Bertz CT molecular complexity index is 558. The first-order valence-electron chi connectivity index (χ1n) is 5.91. The van der Waals surface area contributed by atoms with Gasteiger partial charge in [-0.3, -0.25) is 4.21 Å². The van der Waals surface area contributed by atoms with Crippen LogP contribution in [0.3, 0.4) is 0 Å². The van der Waals surface area contributed by atoms with Crippen molar-refractivity contribution in [1.82, 2.24) is 0 Å². The number of nitrogens with zero attached hydrogens (tertiary/aromatic N) is 1. The number of hydrogen-bond donors (Lipinski definition) is 0. The van der Waals surface area contributed by atoms with Crippen molar-refractivity contribution in [2.45, 2.75) is 29.3 Å². The van der Waals surface area contributed by atoms with Crippen LogP contribution in [-0.4, -0.2) is 21.7 Å². The van der Waals surface area contributed by atoms with Crippen LogP contribution >= 0.6 is 0 Å². The Morgan fingerprint density at radius 2 is 1.89 bits per heavy atom. The highest BCUT2D eigenvalue weighted by molar-refractivity contribution is 7.85. The van der Waals surface area contributed by atoms with Gasteiger partial charge in [0.15, 0.2) is 0 Å². The van der Waals surface area contributed by atoms with Gasteiger partial charge in [-0.1, -0.05) is 29.8 Å². The summed E-state index contributed by atoms with van der Waals surface area (Å²) >= 11 is 0. The zero-order valence-electron chi connectivity index (χ0n) is 9.95. The van der Waals surface area contributed by atoms with E-state index in [2.05, 4.69) is 6.07 Å². The number of fused-ring (bicyclic) bond motifs is 2. The Morgan fingerprint density at radius 3 is 2.56 bits per heavy atom. The fourth-order valence-electron chi connectivity index (χ4n) is 2.51. The van der Waals surface area contributed by atoms with Gasteiger partial charge in [0.1, 0.15) is 0 Å². The van der Waals surface area contributed by atoms with Crippen LogP contribution in [0.4, 0.5) is 0 Å². The summed E-state index contributed by atoms with van der Waals surface area (Å²) in [5.41, 5.74) is 1.14. The van der Waals surface area contributed by atoms with Crippen molar-refractivity contribution in [2.75, 3.05) is 0 Å². The summed E-state index contributed by atoms with van der Waals surface area (Å²) in [7, 11) is -1.20. The molecule has 2 bridgehead atoms. The van der Waals surface area contributed by atoms with Gasteiger partial charge in [0.2, 0.25) is 0 Å². The second kappa shape index (κ2) is 4.34. The Balaban J connectivity index is 1.91. The molecule has 0 spiro atoms. The largest absolute Gasteiger partial charge is 0.364 e. The fourth-order valence-corrected chi connectivity index (χ4v) is 4.10. The number of benzene rings is 1. The van der Waals surface area contributed by atoms with Crippen LogP contribution in [0.5, 0.6) is 0 Å². The molecule has 0 N–H and O–H groups in total. The van der Waals surface area contributed by atoms with E-state index in [1.807, 2.05) is 43.3 Å². The highest BCUT2D eigenvalue weighted by Crippen LogP contribution is 2.38. The second-order valence-electron chi connectivity index (χ2n) is 4.68. The Labute approximate surface area is 109 Å². The average Bonchev–Trinajstić information content (AvgIpc) is 2.98. The van der Waals surface area contributed by atoms with Gasteiger partial charge in [0.25, 0.3) is 0 Å². The number of hydrogen-bond acceptors (Lipinski definition) is 3. The minimum absolute atomic E-state index is 0.179. The molecule has 3 rings (SSSR count). The fraction of sp³-hybridized carbons (Fsp3) is 0.357. The van der Waals surface area contributed by atoms with Gasteiger partial charge in [-0.05, 0) is 19.1 Å². The van der Waals surface area contributed by atoms with Crippen molar-refractivity contribution < 1.29 is 8.95 Å². The normalized spacial score (nSPS) is 34.4. The van der Waals surface area contributed by atoms with Gasteiger partial charge in [-0.15, -0.1) is 0 Å². The molecule has 1 fully saturated rings. The van der Waals surface area contributed by atoms with E-state index >= 15 is 0 Å². The number of rotatable bonds is 2. The Morgan fingerprint density at radius 1 is 1.22 bits per heavy atom.